The Bertz CT molecular complexity index is 3910. The molecule has 0 saturated carbocycles. The second-order valence-electron chi connectivity index (χ2n) is 17.0. The van der Waals surface area contributed by atoms with E-state index >= 15 is 0 Å². The van der Waals surface area contributed by atoms with E-state index in [-0.39, 0.29) is 0 Å². The standard InChI is InChI=1S/C62H36N4O/c63-37-38-17-19-43(20-18-38)47-33-35-51-49-11-4-5-12-50(49)52-36-34-48(58(47)59(51)52)44-29-25-41(26-30-44)39-21-23-40(24-22-39)42-27-31-46(32-28-42)61-64-60(45-9-2-1-3-10-45)65-62(66-61)54-14-8-16-56-57(54)53-13-6-7-15-55(53)67-56/h1-36H. The van der Waals surface area contributed by atoms with Crippen molar-refractivity contribution < 1.29 is 4.42 Å². The second-order valence-corrected chi connectivity index (χ2v) is 17.0. The molecule has 5 heteroatoms. The molecular formula is C62H36N4O. The van der Waals surface area contributed by atoms with Gasteiger partial charge >= 0.3 is 0 Å². The molecule has 0 bridgehead atoms. The van der Waals surface area contributed by atoms with Crippen LogP contribution in [0, 0.1) is 11.3 Å². The van der Waals surface area contributed by atoms with Crippen LogP contribution >= 0.6 is 0 Å². The van der Waals surface area contributed by atoms with Gasteiger partial charge in [0.25, 0.3) is 0 Å². The molecule has 2 aromatic heterocycles. The molecule has 0 saturated heterocycles. The lowest BCUT2D eigenvalue weighted by Crippen LogP contribution is -2.00. The molecule has 12 aromatic rings. The summed E-state index contributed by atoms with van der Waals surface area (Å²) in [7, 11) is 0. The van der Waals surface area contributed by atoms with Crippen LogP contribution in [-0.4, -0.2) is 15.0 Å². The van der Waals surface area contributed by atoms with Gasteiger partial charge in [-0.2, -0.15) is 5.26 Å². The van der Waals surface area contributed by atoms with Crippen LogP contribution in [0.25, 0.3) is 134 Å². The van der Waals surface area contributed by atoms with E-state index in [2.05, 4.69) is 152 Å². The Morgan fingerprint density at radius 2 is 0.701 bits per heavy atom. The van der Waals surface area contributed by atoms with Crippen molar-refractivity contribution in [2.45, 2.75) is 0 Å². The van der Waals surface area contributed by atoms with E-state index in [1.165, 1.54) is 38.6 Å². The highest BCUT2D eigenvalue weighted by Crippen LogP contribution is 2.52. The zero-order valence-electron chi connectivity index (χ0n) is 36.0. The van der Waals surface area contributed by atoms with Crippen molar-refractivity contribution in [3.63, 3.8) is 0 Å². The maximum Gasteiger partial charge on any atom is 0.164 e. The van der Waals surface area contributed by atoms with Crippen molar-refractivity contribution in [3.8, 4) is 107 Å². The van der Waals surface area contributed by atoms with Crippen LogP contribution in [-0.2, 0) is 0 Å². The number of nitrogens with zero attached hydrogens (tertiary/aromatic N) is 4. The molecule has 0 unspecified atom stereocenters. The summed E-state index contributed by atoms with van der Waals surface area (Å²) in [6.45, 7) is 0. The summed E-state index contributed by atoms with van der Waals surface area (Å²) in [6.07, 6.45) is 0. The molecule has 10 aromatic carbocycles. The highest BCUT2D eigenvalue weighted by molar-refractivity contribution is 6.22. The first-order chi connectivity index (χ1) is 33.1. The lowest BCUT2D eigenvalue weighted by Gasteiger charge is -2.15. The summed E-state index contributed by atoms with van der Waals surface area (Å²) in [6, 6.07) is 78.3. The molecule has 5 nitrogen and oxygen atoms in total. The molecule has 310 valence electrons. The monoisotopic (exact) mass is 852 g/mol. The third-order valence-electron chi connectivity index (χ3n) is 13.2. The van der Waals surface area contributed by atoms with Gasteiger partial charge in [-0.1, -0.05) is 194 Å². The Labute approximate surface area is 386 Å². The number of hydrogen-bond acceptors (Lipinski definition) is 5. The van der Waals surface area contributed by atoms with Crippen LogP contribution in [0.1, 0.15) is 5.56 Å². The summed E-state index contributed by atoms with van der Waals surface area (Å²) < 4.78 is 6.23. The lowest BCUT2D eigenvalue weighted by molar-refractivity contribution is 0.669. The predicted molar refractivity (Wildman–Crippen MR) is 272 cm³/mol. The van der Waals surface area contributed by atoms with Gasteiger partial charge in [-0.3, -0.25) is 0 Å². The van der Waals surface area contributed by atoms with Gasteiger partial charge in [-0.25, -0.2) is 15.0 Å². The van der Waals surface area contributed by atoms with Gasteiger partial charge in [-0.15, -0.1) is 0 Å². The van der Waals surface area contributed by atoms with Crippen LogP contribution in [0.2, 0.25) is 0 Å². The molecule has 13 rings (SSSR count). The maximum atomic E-state index is 9.51. The zero-order valence-corrected chi connectivity index (χ0v) is 36.0. The Morgan fingerprint density at radius 3 is 1.28 bits per heavy atom. The van der Waals surface area contributed by atoms with Crippen molar-refractivity contribution in [1.29, 1.82) is 5.26 Å². The van der Waals surface area contributed by atoms with E-state index in [9.17, 15) is 5.26 Å². The Balaban J connectivity index is 0.815. The van der Waals surface area contributed by atoms with Gasteiger partial charge in [0.2, 0.25) is 0 Å². The number of aromatic nitrogens is 3. The number of benzene rings is 10. The van der Waals surface area contributed by atoms with Crippen LogP contribution < -0.4 is 0 Å². The number of furan rings is 1. The number of nitriles is 1. The fourth-order valence-electron chi connectivity index (χ4n) is 9.91. The lowest BCUT2D eigenvalue weighted by atomic mass is 9.88. The average molecular weight is 853 g/mol. The fourth-order valence-corrected chi connectivity index (χ4v) is 9.91. The summed E-state index contributed by atoms with van der Waals surface area (Å²) in [5, 5.41) is 14.0. The minimum Gasteiger partial charge on any atom is -0.456 e. The summed E-state index contributed by atoms with van der Waals surface area (Å²) in [4.78, 5) is 15.1. The quantitative estimate of drug-likeness (QED) is 0.160. The SMILES string of the molecule is N#Cc1ccc(-c2ccc3c4c(ccc(-c5ccc(-c6ccc(-c7ccc(-c8nc(-c9ccccc9)nc(-c9cccc%10oc%11ccccc%11c9%10)n8)cc7)cc6)cc5)c24)-c2ccccc2-3)cc1. The number of para-hydroxylation sites is 1. The van der Waals surface area contributed by atoms with Gasteiger partial charge in [0, 0.05) is 27.5 Å². The molecule has 0 N–H and O–H groups in total. The Kier molecular flexibility index (Phi) is 8.84. The van der Waals surface area contributed by atoms with E-state index in [0.29, 0.717) is 23.0 Å². The average Bonchev–Trinajstić information content (AvgIpc) is 3.96. The van der Waals surface area contributed by atoms with Gasteiger partial charge in [0.15, 0.2) is 17.5 Å². The van der Waals surface area contributed by atoms with Crippen molar-refractivity contribution in [2.75, 3.05) is 0 Å². The highest BCUT2D eigenvalue weighted by atomic mass is 16.3. The summed E-state index contributed by atoms with van der Waals surface area (Å²) in [5.74, 6) is 1.81. The van der Waals surface area contributed by atoms with Gasteiger partial charge in [0.1, 0.15) is 11.2 Å². The number of hydrogen-bond donors (Lipinski definition) is 0. The van der Waals surface area contributed by atoms with E-state index in [0.717, 1.165) is 77.6 Å². The van der Waals surface area contributed by atoms with Crippen molar-refractivity contribution >= 4 is 32.7 Å². The third-order valence-corrected chi connectivity index (χ3v) is 13.2. The van der Waals surface area contributed by atoms with E-state index in [1.54, 1.807) is 0 Å². The van der Waals surface area contributed by atoms with Crippen molar-refractivity contribution in [3.05, 3.63) is 224 Å². The van der Waals surface area contributed by atoms with Crippen molar-refractivity contribution in [2.24, 2.45) is 0 Å². The molecule has 0 amide bonds. The Hall–Kier alpha value is -9.24. The number of rotatable bonds is 7. The highest BCUT2D eigenvalue weighted by Gasteiger charge is 2.25. The topological polar surface area (TPSA) is 75.6 Å². The van der Waals surface area contributed by atoms with Crippen molar-refractivity contribution in [1.82, 2.24) is 15.0 Å². The van der Waals surface area contributed by atoms with Gasteiger partial charge < -0.3 is 4.42 Å². The Morgan fingerprint density at radius 1 is 0.284 bits per heavy atom. The third kappa shape index (κ3) is 6.43. The molecule has 1 aliphatic carbocycles. The van der Waals surface area contributed by atoms with Crippen LogP contribution in [0.5, 0.6) is 0 Å². The smallest absolute Gasteiger partial charge is 0.164 e. The minimum atomic E-state index is 0.595. The largest absolute Gasteiger partial charge is 0.456 e. The normalized spacial score (nSPS) is 11.6. The van der Waals surface area contributed by atoms with E-state index < -0.39 is 0 Å². The molecule has 0 aliphatic heterocycles. The molecular weight excluding hydrogens is 817 g/mol. The van der Waals surface area contributed by atoms with E-state index in [4.69, 9.17) is 19.4 Å². The van der Waals surface area contributed by atoms with Crippen LogP contribution in [0.4, 0.5) is 0 Å². The summed E-state index contributed by atoms with van der Waals surface area (Å²) >= 11 is 0. The predicted octanol–water partition coefficient (Wildman–Crippen LogP) is 16.1. The molecule has 67 heavy (non-hydrogen) atoms. The minimum absolute atomic E-state index is 0.595. The molecule has 2 heterocycles. The summed E-state index contributed by atoms with van der Waals surface area (Å²) in [5.41, 5.74) is 19.2. The maximum absolute atomic E-state index is 9.51. The number of fused-ring (bicyclic) bond motifs is 6. The first kappa shape index (κ1) is 38.2. The molecule has 0 fully saturated rings. The second kappa shape index (κ2) is 15.5. The van der Waals surface area contributed by atoms with Gasteiger partial charge in [0.05, 0.1) is 11.6 Å². The molecule has 0 atom stereocenters. The molecule has 0 spiro atoms. The van der Waals surface area contributed by atoms with E-state index in [1.807, 2.05) is 72.8 Å². The molecule has 0 radical (unpaired) electrons. The van der Waals surface area contributed by atoms with Gasteiger partial charge in [-0.05, 0) is 102 Å². The zero-order chi connectivity index (χ0) is 44.4. The van der Waals surface area contributed by atoms with Crippen LogP contribution in [0.15, 0.2) is 223 Å². The molecule has 1 aliphatic rings. The first-order valence-electron chi connectivity index (χ1n) is 22.4. The first-order valence-corrected chi connectivity index (χ1v) is 22.4. The fraction of sp³-hybridized carbons (Fsp3) is 0. The van der Waals surface area contributed by atoms with Crippen LogP contribution in [0.3, 0.4) is 0 Å².